The van der Waals surface area contributed by atoms with E-state index < -0.39 is 0 Å². The van der Waals surface area contributed by atoms with E-state index >= 15 is 0 Å². The second-order valence-electron chi connectivity index (χ2n) is 5.39. The monoisotopic (exact) mass is 279 g/mol. The van der Waals surface area contributed by atoms with E-state index in [0.29, 0.717) is 5.92 Å². The van der Waals surface area contributed by atoms with Crippen LogP contribution in [0.25, 0.3) is 0 Å². The molecule has 0 bridgehead atoms. The van der Waals surface area contributed by atoms with Crippen molar-refractivity contribution >= 4 is 0 Å². The minimum atomic E-state index is 0.543. The van der Waals surface area contributed by atoms with Crippen LogP contribution in [0.3, 0.4) is 0 Å². The van der Waals surface area contributed by atoms with Crippen LogP contribution in [0.2, 0.25) is 0 Å². The molecule has 1 rings (SSSR count). The highest BCUT2D eigenvalue weighted by Gasteiger charge is 2.01. The van der Waals surface area contributed by atoms with Crippen molar-refractivity contribution in [2.75, 3.05) is 26.9 Å². The van der Waals surface area contributed by atoms with Gasteiger partial charge in [-0.3, -0.25) is 0 Å². The van der Waals surface area contributed by atoms with E-state index in [4.69, 9.17) is 9.47 Å². The number of nitrogens with one attached hydrogen (secondary N) is 1. The lowest BCUT2D eigenvalue weighted by atomic mass is 10.2. The van der Waals surface area contributed by atoms with E-state index in [1.807, 2.05) is 0 Å². The zero-order valence-corrected chi connectivity index (χ0v) is 13.2. The molecule has 20 heavy (non-hydrogen) atoms. The number of rotatable bonds is 11. The first-order valence-corrected chi connectivity index (χ1v) is 7.67. The summed E-state index contributed by atoms with van der Waals surface area (Å²) in [7, 11) is 1.75. The Morgan fingerprint density at radius 1 is 1.15 bits per heavy atom. The number of benzene rings is 1. The van der Waals surface area contributed by atoms with Crippen molar-refractivity contribution in [3.05, 3.63) is 29.8 Å². The summed E-state index contributed by atoms with van der Waals surface area (Å²) in [6.07, 6.45) is 3.61. The summed E-state index contributed by atoms with van der Waals surface area (Å²) in [6, 6.07) is 8.37. The number of hydrogen-bond acceptors (Lipinski definition) is 3. The highest BCUT2D eigenvalue weighted by Crippen LogP contribution is 2.13. The smallest absolute Gasteiger partial charge is 0.119 e. The number of ether oxygens (including phenoxy) is 2. The highest BCUT2D eigenvalue weighted by atomic mass is 16.5. The van der Waals surface area contributed by atoms with Crippen LogP contribution < -0.4 is 10.1 Å². The van der Waals surface area contributed by atoms with Gasteiger partial charge in [0.15, 0.2) is 0 Å². The van der Waals surface area contributed by atoms with E-state index in [9.17, 15) is 0 Å². The molecule has 0 saturated carbocycles. The van der Waals surface area contributed by atoms with Crippen molar-refractivity contribution < 1.29 is 9.47 Å². The maximum Gasteiger partial charge on any atom is 0.119 e. The van der Waals surface area contributed by atoms with Crippen molar-refractivity contribution in [3.63, 3.8) is 0 Å². The van der Waals surface area contributed by atoms with Crippen molar-refractivity contribution in [1.29, 1.82) is 0 Å². The second-order valence-corrected chi connectivity index (χ2v) is 5.39. The summed E-state index contributed by atoms with van der Waals surface area (Å²) in [4.78, 5) is 0. The fourth-order valence-corrected chi connectivity index (χ4v) is 2.05. The van der Waals surface area contributed by atoms with Crippen LogP contribution in [0.15, 0.2) is 24.3 Å². The lowest BCUT2D eigenvalue weighted by Gasteiger charge is -2.12. The first-order chi connectivity index (χ1) is 9.76. The molecule has 0 aromatic heterocycles. The third kappa shape index (κ3) is 7.51. The number of hydrogen-bond donors (Lipinski definition) is 1. The Balaban J connectivity index is 2.21. The predicted molar refractivity (Wildman–Crippen MR) is 84.2 cm³/mol. The van der Waals surface area contributed by atoms with E-state index in [0.717, 1.165) is 38.5 Å². The van der Waals surface area contributed by atoms with E-state index in [1.54, 1.807) is 7.11 Å². The Labute approximate surface area is 123 Å². The molecule has 0 aliphatic heterocycles. The second kappa shape index (κ2) is 10.7. The van der Waals surface area contributed by atoms with E-state index in [1.165, 1.54) is 18.4 Å². The molecule has 114 valence electrons. The largest absolute Gasteiger partial charge is 0.494 e. The summed E-state index contributed by atoms with van der Waals surface area (Å²) < 4.78 is 10.8. The first-order valence-electron chi connectivity index (χ1n) is 7.67. The minimum absolute atomic E-state index is 0.543. The van der Waals surface area contributed by atoms with Gasteiger partial charge < -0.3 is 14.8 Å². The maximum absolute atomic E-state index is 5.70. The maximum atomic E-state index is 5.70. The average Bonchev–Trinajstić information content (AvgIpc) is 2.45. The molecule has 0 amide bonds. The molecule has 3 heteroatoms. The summed E-state index contributed by atoms with van der Waals surface area (Å²) >= 11 is 0. The van der Waals surface area contributed by atoms with Crippen LogP contribution in [0.5, 0.6) is 5.75 Å². The van der Waals surface area contributed by atoms with Crippen LogP contribution in [-0.2, 0) is 11.3 Å². The van der Waals surface area contributed by atoms with Crippen LogP contribution in [0.1, 0.15) is 38.7 Å². The Hall–Kier alpha value is -1.06. The van der Waals surface area contributed by atoms with Crippen LogP contribution in [-0.4, -0.2) is 26.9 Å². The molecular weight excluding hydrogens is 250 g/mol. The van der Waals surface area contributed by atoms with Gasteiger partial charge in [0.05, 0.1) is 6.61 Å². The highest BCUT2D eigenvalue weighted by molar-refractivity contribution is 5.27. The molecule has 0 fully saturated rings. The zero-order valence-electron chi connectivity index (χ0n) is 13.2. The van der Waals surface area contributed by atoms with Crippen LogP contribution in [0, 0.1) is 5.92 Å². The normalized spacial score (nSPS) is 12.3. The molecule has 0 aliphatic carbocycles. The van der Waals surface area contributed by atoms with Gasteiger partial charge in [-0.25, -0.2) is 0 Å². The van der Waals surface area contributed by atoms with Crippen molar-refractivity contribution in [1.82, 2.24) is 5.32 Å². The SMILES string of the molecule is CCCCCOc1ccc(CNCC(C)COC)cc1. The molecule has 1 unspecified atom stereocenters. The summed E-state index contributed by atoms with van der Waals surface area (Å²) in [5, 5.41) is 3.44. The summed E-state index contributed by atoms with van der Waals surface area (Å²) in [5.41, 5.74) is 1.29. The molecule has 0 aliphatic rings. The quantitative estimate of drug-likeness (QED) is 0.627. The topological polar surface area (TPSA) is 30.5 Å². The third-order valence-corrected chi connectivity index (χ3v) is 3.21. The van der Waals surface area contributed by atoms with Gasteiger partial charge in [-0.15, -0.1) is 0 Å². The zero-order chi connectivity index (χ0) is 14.6. The third-order valence-electron chi connectivity index (χ3n) is 3.21. The number of unbranched alkanes of at least 4 members (excludes halogenated alkanes) is 2. The van der Waals surface area contributed by atoms with Gasteiger partial charge in [-0.05, 0) is 30.0 Å². The van der Waals surface area contributed by atoms with Gasteiger partial charge in [-0.2, -0.15) is 0 Å². The van der Waals surface area contributed by atoms with Gasteiger partial charge in [0.25, 0.3) is 0 Å². The molecule has 0 saturated heterocycles. The predicted octanol–water partition coefficient (Wildman–Crippen LogP) is 3.63. The number of methoxy groups -OCH3 is 1. The fraction of sp³-hybridized carbons (Fsp3) is 0.647. The molecule has 0 spiro atoms. The van der Waals surface area contributed by atoms with Gasteiger partial charge in [0, 0.05) is 26.8 Å². The lowest BCUT2D eigenvalue weighted by Crippen LogP contribution is -2.23. The van der Waals surface area contributed by atoms with Gasteiger partial charge in [0.1, 0.15) is 5.75 Å². The Morgan fingerprint density at radius 2 is 1.90 bits per heavy atom. The lowest BCUT2D eigenvalue weighted by molar-refractivity contribution is 0.158. The Bertz CT molecular complexity index is 337. The molecule has 3 nitrogen and oxygen atoms in total. The average molecular weight is 279 g/mol. The first kappa shape index (κ1) is 17.0. The van der Waals surface area contributed by atoms with Gasteiger partial charge in [-0.1, -0.05) is 38.8 Å². The molecular formula is C17H29NO2. The van der Waals surface area contributed by atoms with Gasteiger partial charge in [0.2, 0.25) is 0 Å². The molecule has 1 aromatic rings. The Morgan fingerprint density at radius 3 is 2.55 bits per heavy atom. The minimum Gasteiger partial charge on any atom is -0.494 e. The van der Waals surface area contributed by atoms with E-state index in [2.05, 4.69) is 43.4 Å². The standard InChI is InChI=1S/C17H29NO2/c1-4-5-6-11-20-17-9-7-16(8-10-17)13-18-12-15(2)14-19-3/h7-10,15,18H,4-6,11-14H2,1-3H3. The van der Waals surface area contributed by atoms with Crippen molar-refractivity contribution in [2.24, 2.45) is 5.92 Å². The molecule has 0 radical (unpaired) electrons. The van der Waals surface area contributed by atoms with Gasteiger partial charge >= 0.3 is 0 Å². The molecule has 0 heterocycles. The van der Waals surface area contributed by atoms with Crippen LogP contribution >= 0.6 is 0 Å². The van der Waals surface area contributed by atoms with Crippen molar-refractivity contribution in [3.8, 4) is 5.75 Å². The van der Waals surface area contributed by atoms with Crippen molar-refractivity contribution in [2.45, 2.75) is 39.7 Å². The molecule has 1 atom stereocenters. The molecule has 1 N–H and O–H groups in total. The summed E-state index contributed by atoms with van der Waals surface area (Å²) in [6.45, 7) is 7.88. The fourth-order valence-electron chi connectivity index (χ4n) is 2.05. The van der Waals surface area contributed by atoms with Crippen LogP contribution in [0.4, 0.5) is 0 Å². The summed E-state index contributed by atoms with van der Waals surface area (Å²) in [5.74, 6) is 1.51. The molecule has 1 aromatic carbocycles. The van der Waals surface area contributed by atoms with E-state index in [-0.39, 0.29) is 0 Å². The Kier molecular flexibility index (Phi) is 9.09.